The normalized spacial score (nSPS) is 14.9. The molecule has 0 radical (unpaired) electrons. The monoisotopic (exact) mass is 299 g/mol. The third kappa shape index (κ3) is 2.23. The number of furan rings is 1. The minimum Gasteiger partial charge on any atom is -0.465 e. The maximum absolute atomic E-state index is 12.2. The molecule has 0 saturated carbocycles. The Morgan fingerprint density at radius 1 is 1.24 bits per heavy atom. The van der Waals surface area contributed by atoms with Crippen LogP contribution in [0.25, 0.3) is 22.4 Å². The molecule has 0 N–H and O–H groups in total. The lowest BCUT2D eigenvalue weighted by molar-refractivity contribution is 0.490. The summed E-state index contributed by atoms with van der Waals surface area (Å²) < 4.78 is 10.5. The predicted octanol–water partition coefficient (Wildman–Crippen LogP) is 3.89. The van der Waals surface area contributed by atoms with Crippen LogP contribution >= 0.6 is 11.3 Å². The molecule has 4 rings (SSSR count). The molecule has 0 fully saturated rings. The molecule has 0 aliphatic heterocycles. The van der Waals surface area contributed by atoms with Crippen molar-refractivity contribution in [3.05, 3.63) is 50.9 Å². The molecule has 3 aromatic heterocycles. The predicted molar refractivity (Wildman–Crippen MR) is 82.4 cm³/mol. The SMILES string of the molecule is O=c1oc(C=Cc2ccco2)nc2sc3c(c12)CCCC3. The van der Waals surface area contributed by atoms with Crippen LogP contribution < -0.4 is 5.63 Å². The first kappa shape index (κ1) is 12.6. The maximum atomic E-state index is 12.2. The molecule has 0 aromatic carbocycles. The number of aromatic nitrogens is 1. The quantitative estimate of drug-likeness (QED) is 0.720. The Morgan fingerprint density at radius 3 is 3.00 bits per heavy atom. The van der Waals surface area contributed by atoms with Gasteiger partial charge in [0, 0.05) is 11.0 Å². The summed E-state index contributed by atoms with van der Waals surface area (Å²) in [6.45, 7) is 0. The van der Waals surface area contributed by atoms with Crippen LogP contribution in [0.5, 0.6) is 0 Å². The average molecular weight is 299 g/mol. The van der Waals surface area contributed by atoms with E-state index in [0.29, 0.717) is 17.0 Å². The molecule has 0 atom stereocenters. The van der Waals surface area contributed by atoms with Gasteiger partial charge in [-0.3, -0.25) is 0 Å². The van der Waals surface area contributed by atoms with E-state index >= 15 is 0 Å². The van der Waals surface area contributed by atoms with E-state index in [1.165, 1.54) is 11.3 Å². The summed E-state index contributed by atoms with van der Waals surface area (Å²) in [6, 6.07) is 3.64. The lowest BCUT2D eigenvalue weighted by Gasteiger charge is -2.09. The fourth-order valence-corrected chi connectivity index (χ4v) is 3.97. The molecular weight excluding hydrogens is 286 g/mol. The van der Waals surface area contributed by atoms with Gasteiger partial charge in [-0.15, -0.1) is 11.3 Å². The fourth-order valence-electron chi connectivity index (χ4n) is 2.72. The number of rotatable bonds is 2. The molecule has 3 aromatic rings. The molecule has 106 valence electrons. The Bertz CT molecular complexity index is 871. The van der Waals surface area contributed by atoms with E-state index in [4.69, 9.17) is 8.83 Å². The van der Waals surface area contributed by atoms with Gasteiger partial charge in [-0.1, -0.05) is 0 Å². The van der Waals surface area contributed by atoms with E-state index in [-0.39, 0.29) is 5.63 Å². The number of thiophene rings is 1. The molecule has 1 aliphatic rings. The highest BCUT2D eigenvalue weighted by Gasteiger charge is 2.20. The Balaban J connectivity index is 1.80. The molecule has 21 heavy (non-hydrogen) atoms. The van der Waals surface area contributed by atoms with Crippen LogP contribution in [0.2, 0.25) is 0 Å². The van der Waals surface area contributed by atoms with E-state index in [0.717, 1.165) is 29.7 Å². The number of hydrogen-bond acceptors (Lipinski definition) is 5. The van der Waals surface area contributed by atoms with Crippen molar-refractivity contribution < 1.29 is 8.83 Å². The van der Waals surface area contributed by atoms with E-state index in [1.54, 1.807) is 35.8 Å². The summed E-state index contributed by atoms with van der Waals surface area (Å²) in [5.41, 5.74) is 0.877. The second kappa shape index (κ2) is 5.00. The second-order valence-corrected chi connectivity index (χ2v) is 6.16. The van der Waals surface area contributed by atoms with Gasteiger partial charge < -0.3 is 8.83 Å². The zero-order valence-corrected chi connectivity index (χ0v) is 12.1. The molecule has 1 aliphatic carbocycles. The number of hydrogen-bond donors (Lipinski definition) is 0. The Labute approximate surface area is 124 Å². The van der Waals surface area contributed by atoms with Gasteiger partial charge in [0.05, 0.1) is 6.26 Å². The zero-order valence-electron chi connectivity index (χ0n) is 11.3. The summed E-state index contributed by atoms with van der Waals surface area (Å²) in [5, 5.41) is 0.685. The van der Waals surface area contributed by atoms with Gasteiger partial charge in [0.1, 0.15) is 16.0 Å². The molecule has 0 saturated heterocycles. The maximum Gasteiger partial charge on any atom is 0.348 e. The van der Waals surface area contributed by atoms with Crippen molar-refractivity contribution in [3.8, 4) is 0 Å². The summed E-state index contributed by atoms with van der Waals surface area (Å²) in [4.78, 5) is 18.8. The molecular formula is C16H13NO3S. The van der Waals surface area contributed by atoms with E-state index in [1.807, 2.05) is 6.07 Å². The minimum atomic E-state index is -0.279. The largest absolute Gasteiger partial charge is 0.465 e. The molecule has 0 amide bonds. The standard InChI is InChI=1S/C16H13NO3S/c18-16-14-11-5-1-2-6-12(11)21-15(14)17-13(20-16)8-7-10-4-3-9-19-10/h3-4,7-9H,1-2,5-6H2. The molecule has 0 unspecified atom stereocenters. The summed E-state index contributed by atoms with van der Waals surface area (Å²) >= 11 is 1.62. The second-order valence-electron chi connectivity index (χ2n) is 5.08. The highest BCUT2D eigenvalue weighted by molar-refractivity contribution is 7.18. The van der Waals surface area contributed by atoms with Crippen molar-refractivity contribution in [2.45, 2.75) is 25.7 Å². The molecule has 0 bridgehead atoms. The van der Waals surface area contributed by atoms with Crippen molar-refractivity contribution >= 4 is 33.7 Å². The van der Waals surface area contributed by atoms with Crippen LogP contribution in [0.1, 0.15) is 34.9 Å². The Kier molecular flexibility index (Phi) is 3.00. The Morgan fingerprint density at radius 2 is 2.14 bits per heavy atom. The minimum absolute atomic E-state index is 0.279. The van der Waals surface area contributed by atoms with Crippen molar-refractivity contribution in [1.29, 1.82) is 0 Å². The first-order valence-corrected chi connectivity index (χ1v) is 7.80. The first-order valence-electron chi connectivity index (χ1n) is 6.98. The lowest BCUT2D eigenvalue weighted by Crippen LogP contribution is -2.06. The van der Waals surface area contributed by atoms with Crippen LogP contribution in [-0.2, 0) is 12.8 Å². The third-order valence-electron chi connectivity index (χ3n) is 3.70. The van der Waals surface area contributed by atoms with Crippen LogP contribution in [-0.4, -0.2) is 4.98 Å². The number of fused-ring (bicyclic) bond motifs is 3. The van der Waals surface area contributed by atoms with Crippen molar-refractivity contribution in [3.63, 3.8) is 0 Å². The number of nitrogens with zero attached hydrogens (tertiary/aromatic N) is 1. The van der Waals surface area contributed by atoms with E-state index in [2.05, 4.69) is 4.98 Å². The topological polar surface area (TPSA) is 56.2 Å². The highest BCUT2D eigenvalue weighted by Crippen LogP contribution is 2.33. The van der Waals surface area contributed by atoms with Gasteiger partial charge in [0.15, 0.2) is 0 Å². The summed E-state index contributed by atoms with van der Waals surface area (Å²) in [7, 11) is 0. The van der Waals surface area contributed by atoms with Crippen molar-refractivity contribution in [2.75, 3.05) is 0 Å². The smallest absolute Gasteiger partial charge is 0.348 e. The third-order valence-corrected chi connectivity index (χ3v) is 4.88. The Hall–Kier alpha value is -2.14. The van der Waals surface area contributed by atoms with Gasteiger partial charge in [0.25, 0.3) is 0 Å². The molecule has 4 nitrogen and oxygen atoms in total. The van der Waals surface area contributed by atoms with Crippen LogP contribution in [0, 0.1) is 0 Å². The van der Waals surface area contributed by atoms with Gasteiger partial charge >= 0.3 is 5.63 Å². The van der Waals surface area contributed by atoms with Gasteiger partial charge in [-0.25, -0.2) is 9.78 Å². The zero-order chi connectivity index (χ0) is 14.2. The van der Waals surface area contributed by atoms with Crippen LogP contribution in [0.4, 0.5) is 0 Å². The van der Waals surface area contributed by atoms with Gasteiger partial charge in [-0.05, 0) is 49.5 Å². The average Bonchev–Trinajstić information content (AvgIpc) is 3.12. The number of aryl methyl sites for hydroxylation is 2. The summed E-state index contributed by atoms with van der Waals surface area (Å²) in [5.74, 6) is 1.02. The first-order chi connectivity index (χ1) is 10.3. The van der Waals surface area contributed by atoms with Crippen molar-refractivity contribution in [2.24, 2.45) is 0 Å². The molecule has 3 heterocycles. The van der Waals surface area contributed by atoms with Crippen LogP contribution in [0.15, 0.2) is 32.0 Å². The van der Waals surface area contributed by atoms with E-state index < -0.39 is 0 Å². The lowest BCUT2D eigenvalue weighted by atomic mass is 9.97. The van der Waals surface area contributed by atoms with Crippen molar-refractivity contribution in [1.82, 2.24) is 4.98 Å². The highest BCUT2D eigenvalue weighted by atomic mass is 32.1. The molecule has 5 heteroatoms. The molecule has 0 spiro atoms. The fraction of sp³-hybridized carbons (Fsp3) is 0.250. The van der Waals surface area contributed by atoms with Gasteiger partial charge in [0.2, 0.25) is 5.89 Å². The van der Waals surface area contributed by atoms with E-state index in [9.17, 15) is 4.79 Å². The summed E-state index contributed by atoms with van der Waals surface area (Å²) in [6.07, 6.45) is 9.34. The van der Waals surface area contributed by atoms with Gasteiger partial charge in [-0.2, -0.15) is 0 Å². The van der Waals surface area contributed by atoms with Crippen LogP contribution in [0.3, 0.4) is 0 Å².